The van der Waals surface area contributed by atoms with Crippen LogP contribution in [0.2, 0.25) is 0 Å². The van der Waals surface area contributed by atoms with Crippen LogP contribution in [-0.4, -0.2) is 58.6 Å². The maximum Gasteiger partial charge on any atom is 0.408 e. The number of nitrogens with zero attached hydrogens (tertiary/aromatic N) is 1. The fraction of sp³-hybridized carbons (Fsp3) is 0.467. The largest absolute Gasteiger partial charge is 0.507 e. The van der Waals surface area contributed by atoms with Crippen molar-refractivity contribution in [1.82, 2.24) is 10.2 Å². The van der Waals surface area contributed by atoms with Crippen LogP contribution in [0, 0.1) is 6.92 Å². The first-order valence-corrected chi connectivity index (χ1v) is 13.6. The Bertz CT molecular complexity index is 1250. The van der Waals surface area contributed by atoms with Gasteiger partial charge in [-0.1, -0.05) is 18.2 Å². The van der Waals surface area contributed by atoms with Crippen molar-refractivity contribution in [2.75, 3.05) is 12.4 Å². The van der Waals surface area contributed by atoms with Crippen molar-refractivity contribution in [2.24, 2.45) is 5.73 Å². The second kappa shape index (κ2) is 13.4. The molecule has 2 aromatic carbocycles. The highest BCUT2D eigenvalue weighted by atomic mass is 16.6. The van der Waals surface area contributed by atoms with E-state index in [1.807, 2.05) is 0 Å². The van der Waals surface area contributed by atoms with Crippen molar-refractivity contribution in [3.8, 4) is 11.5 Å². The average Bonchev–Trinajstić information content (AvgIpc) is 2.86. The molecule has 41 heavy (non-hydrogen) atoms. The van der Waals surface area contributed by atoms with E-state index < -0.39 is 41.5 Å². The van der Waals surface area contributed by atoms with Crippen molar-refractivity contribution in [3.63, 3.8) is 0 Å². The second-order valence-corrected chi connectivity index (χ2v) is 11.2. The van der Waals surface area contributed by atoms with E-state index in [1.54, 1.807) is 70.2 Å². The van der Waals surface area contributed by atoms with E-state index in [2.05, 4.69) is 10.6 Å². The van der Waals surface area contributed by atoms with Crippen molar-refractivity contribution in [2.45, 2.75) is 83.5 Å². The molecule has 0 saturated heterocycles. The maximum absolute atomic E-state index is 14.3. The number of hydrogen-bond acceptors (Lipinski definition) is 7. The van der Waals surface area contributed by atoms with E-state index >= 15 is 0 Å². The van der Waals surface area contributed by atoms with Crippen LogP contribution in [0.1, 0.15) is 70.0 Å². The monoisotopic (exact) mass is 568 g/mol. The maximum atomic E-state index is 14.3. The third-order valence-corrected chi connectivity index (χ3v) is 6.84. The Morgan fingerprint density at radius 1 is 1.10 bits per heavy atom. The van der Waals surface area contributed by atoms with Crippen LogP contribution in [0.15, 0.2) is 42.5 Å². The number of carbonyl (C=O) groups is 4. The molecule has 11 nitrogen and oxygen atoms in total. The number of aryl methyl sites for hydroxylation is 1. The van der Waals surface area contributed by atoms with Crippen molar-refractivity contribution in [1.29, 1.82) is 0 Å². The average molecular weight is 569 g/mol. The number of phenolic OH excluding ortho intramolecular Hbond substituents is 1. The number of benzene rings is 2. The highest BCUT2D eigenvalue weighted by Gasteiger charge is 2.43. The number of para-hydroxylation sites is 1. The molecule has 2 aromatic rings. The van der Waals surface area contributed by atoms with E-state index in [0.717, 1.165) is 6.42 Å². The minimum atomic E-state index is -1.24. The number of primary amides is 1. The number of nitrogens with one attached hydrogen (secondary N) is 2. The summed E-state index contributed by atoms with van der Waals surface area (Å²) in [5.41, 5.74) is 5.78. The summed E-state index contributed by atoms with van der Waals surface area (Å²) >= 11 is 0. The van der Waals surface area contributed by atoms with Gasteiger partial charge in [0.15, 0.2) is 0 Å². The number of amides is 4. The smallest absolute Gasteiger partial charge is 0.408 e. The lowest BCUT2D eigenvalue weighted by molar-refractivity contribution is -0.146. The van der Waals surface area contributed by atoms with Crippen LogP contribution in [0.4, 0.5) is 10.5 Å². The molecule has 2 unspecified atom stereocenters. The number of methoxy groups -OCH3 is 1. The Morgan fingerprint density at radius 3 is 2.29 bits per heavy atom. The quantitative estimate of drug-likeness (QED) is 0.319. The highest BCUT2D eigenvalue weighted by Crippen LogP contribution is 2.38. The summed E-state index contributed by atoms with van der Waals surface area (Å²) in [6.07, 6.45) is 0.976. The van der Waals surface area contributed by atoms with Crippen LogP contribution >= 0.6 is 0 Å². The van der Waals surface area contributed by atoms with Gasteiger partial charge in [-0.2, -0.15) is 0 Å². The van der Waals surface area contributed by atoms with Gasteiger partial charge in [0.25, 0.3) is 5.91 Å². The summed E-state index contributed by atoms with van der Waals surface area (Å²) in [6.45, 7) is 6.76. The van der Waals surface area contributed by atoms with Gasteiger partial charge in [-0.15, -0.1) is 0 Å². The summed E-state index contributed by atoms with van der Waals surface area (Å²) in [4.78, 5) is 54.0. The number of ether oxygens (including phenoxy) is 2. The zero-order valence-corrected chi connectivity index (χ0v) is 24.2. The number of carbonyl (C=O) groups excluding carboxylic acids is 4. The number of anilines is 1. The number of alkyl carbamates (subject to hydrolysis) is 1. The molecular weight excluding hydrogens is 528 g/mol. The first-order chi connectivity index (χ1) is 19.3. The van der Waals surface area contributed by atoms with Crippen molar-refractivity contribution < 1.29 is 33.8 Å². The van der Waals surface area contributed by atoms with Gasteiger partial charge in [0.2, 0.25) is 11.8 Å². The molecule has 0 radical (unpaired) electrons. The SMILES string of the molecule is COc1ccc(NC(=O)C(c2cccc(C)c2O)N(C(=O)C(CCC(N)=O)NC(=O)OC(C)(C)C)C2CCC2)cc1. The molecule has 11 heteroatoms. The Kier molecular flexibility index (Phi) is 10.2. The number of phenols is 1. The second-order valence-electron chi connectivity index (χ2n) is 11.2. The Balaban J connectivity index is 2.05. The molecule has 4 amide bonds. The van der Waals surface area contributed by atoms with Gasteiger partial charge < -0.3 is 35.8 Å². The Labute approximate surface area is 240 Å². The fourth-order valence-corrected chi connectivity index (χ4v) is 4.56. The molecular formula is C30H40N4O7. The summed E-state index contributed by atoms with van der Waals surface area (Å²) in [7, 11) is 1.53. The van der Waals surface area contributed by atoms with Gasteiger partial charge in [0.1, 0.15) is 29.2 Å². The topological polar surface area (TPSA) is 160 Å². The highest BCUT2D eigenvalue weighted by molar-refractivity contribution is 5.99. The molecule has 1 fully saturated rings. The molecule has 1 saturated carbocycles. The van der Waals surface area contributed by atoms with Gasteiger partial charge in [0.05, 0.1) is 7.11 Å². The lowest BCUT2D eigenvalue weighted by Gasteiger charge is -2.43. The molecule has 3 rings (SSSR count). The Hall–Kier alpha value is -4.28. The first-order valence-electron chi connectivity index (χ1n) is 13.6. The van der Waals surface area contributed by atoms with Crippen LogP contribution < -0.4 is 21.1 Å². The molecule has 1 aliphatic carbocycles. The van der Waals surface area contributed by atoms with E-state index in [4.69, 9.17) is 15.2 Å². The van der Waals surface area contributed by atoms with Crippen LogP contribution in [0.3, 0.4) is 0 Å². The number of aromatic hydroxyl groups is 1. The van der Waals surface area contributed by atoms with Gasteiger partial charge in [-0.3, -0.25) is 14.4 Å². The molecule has 5 N–H and O–H groups in total. The third kappa shape index (κ3) is 8.36. The fourth-order valence-electron chi connectivity index (χ4n) is 4.56. The predicted octanol–water partition coefficient (Wildman–Crippen LogP) is 3.93. The molecule has 0 spiro atoms. The summed E-state index contributed by atoms with van der Waals surface area (Å²) in [5.74, 6) is -1.30. The van der Waals surface area contributed by atoms with E-state index in [0.29, 0.717) is 29.8 Å². The van der Waals surface area contributed by atoms with Gasteiger partial charge in [0, 0.05) is 23.7 Å². The molecule has 0 heterocycles. The van der Waals surface area contributed by atoms with Crippen LogP contribution in [-0.2, 0) is 19.1 Å². The molecule has 222 valence electrons. The minimum absolute atomic E-state index is 0.0940. The van der Waals surface area contributed by atoms with Gasteiger partial charge in [-0.25, -0.2) is 4.79 Å². The molecule has 0 bridgehead atoms. The summed E-state index contributed by atoms with van der Waals surface area (Å²) < 4.78 is 10.6. The summed E-state index contributed by atoms with van der Waals surface area (Å²) in [5, 5.41) is 16.5. The van der Waals surface area contributed by atoms with Crippen molar-refractivity contribution >= 4 is 29.5 Å². The molecule has 1 aliphatic rings. The molecule has 2 atom stereocenters. The number of hydrogen-bond donors (Lipinski definition) is 4. The summed E-state index contributed by atoms with van der Waals surface area (Å²) in [6, 6.07) is 8.91. The number of nitrogens with two attached hydrogens (primary N) is 1. The van der Waals surface area contributed by atoms with Crippen molar-refractivity contribution in [3.05, 3.63) is 53.6 Å². The normalized spacial score (nSPS) is 14.7. The number of rotatable bonds is 11. The molecule has 0 aliphatic heterocycles. The standard InChI is InChI=1S/C30H40N4O7/c1-18-8-6-11-22(26(18)36)25(27(37)32-19-12-14-21(40-5)15-13-19)34(20-9-7-10-20)28(38)23(16-17-24(31)35)33-29(39)41-30(2,3)4/h6,8,11-15,20,23,25,36H,7,9-10,16-17H2,1-5H3,(H2,31,35)(H,32,37)(H,33,39). The van der Waals surface area contributed by atoms with E-state index in [-0.39, 0.29) is 30.2 Å². The van der Waals surface area contributed by atoms with Crippen LogP contribution in [0.25, 0.3) is 0 Å². The van der Waals surface area contributed by atoms with Gasteiger partial charge >= 0.3 is 6.09 Å². The van der Waals surface area contributed by atoms with Crippen LogP contribution in [0.5, 0.6) is 11.5 Å². The predicted molar refractivity (Wildman–Crippen MR) is 153 cm³/mol. The van der Waals surface area contributed by atoms with E-state index in [9.17, 15) is 24.3 Å². The zero-order chi connectivity index (χ0) is 30.3. The molecule has 0 aromatic heterocycles. The van der Waals surface area contributed by atoms with E-state index in [1.165, 1.54) is 12.0 Å². The minimum Gasteiger partial charge on any atom is -0.507 e. The third-order valence-electron chi connectivity index (χ3n) is 6.84. The lowest BCUT2D eigenvalue weighted by Crippen LogP contribution is -2.57. The Morgan fingerprint density at radius 2 is 1.76 bits per heavy atom. The first kappa shape index (κ1) is 31.3. The zero-order valence-electron chi connectivity index (χ0n) is 24.2. The van der Waals surface area contributed by atoms with Gasteiger partial charge in [-0.05, 0) is 83.2 Å². The lowest BCUT2D eigenvalue weighted by atomic mass is 9.87.